The van der Waals surface area contributed by atoms with Crippen molar-refractivity contribution < 1.29 is 4.79 Å². The Bertz CT molecular complexity index is 695. The van der Waals surface area contributed by atoms with Gasteiger partial charge in [0.15, 0.2) is 5.17 Å². The van der Waals surface area contributed by atoms with Crippen LogP contribution in [-0.4, -0.2) is 27.4 Å². The summed E-state index contributed by atoms with van der Waals surface area (Å²) in [6, 6.07) is 13.9. The van der Waals surface area contributed by atoms with E-state index in [0.717, 1.165) is 10.4 Å². The highest BCUT2D eigenvalue weighted by atomic mass is 32.2. The lowest BCUT2D eigenvalue weighted by molar-refractivity contribution is -0.126. The van der Waals surface area contributed by atoms with Gasteiger partial charge in [-0.2, -0.15) is 5.10 Å². The Kier molecular flexibility index (Phi) is 4.70. The van der Waals surface area contributed by atoms with Gasteiger partial charge in [-0.3, -0.25) is 9.69 Å². The minimum absolute atomic E-state index is 0.0823. The first-order valence-electron chi connectivity index (χ1n) is 6.90. The maximum atomic E-state index is 12.3. The van der Waals surface area contributed by atoms with Crippen LogP contribution in [0.4, 0.5) is 0 Å². The largest absolute Gasteiger partial charge is 0.284 e. The molecule has 6 heteroatoms. The molecule has 1 aromatic heterocycles. The van der Waals surface area contributed by atoms with E-state index in [1.807, 2.05) is 54.8 Å². The third kappa shape index (κ3) is 3.45. The number of hydrogen-bond donors (Lipinski definition) is 0. The molecule has 1 aliphatic rings. The molecular weight excluding hydrogens is 314 g/mol. The second-order valence-electron chi connectivity index (χ2n) is 4.81. The molecule has 1 amide bonds. The number of thioether (sulfide) groups is 1. The molecule has 0 radical (unpaired) electrons. The Balaban J connectivity index is 1.77. The van der Waals surface area contributed by atoms with Gasteiger partial charge in [-0.05, 0) is 23.9 Å². The molecule has 22 heavy (non-hydrogen) atoms. The molecule has 0 aliphatic carbocycles. The minimum Gasteiger partial charge on any atom is -0.284 e. The topological polar surface area (TPSA) is 45.0 Å². The lowest BCUT2D eigenvalue weighted by Crippen LogP contribution is -2.30. The quantitative estimate of drug-likeness (QED) is 0.635. The number of benzene rings is 1. The van der Waals surface area contributed by atoms with Gasteiger partial charge in [0, 0.05) is 4.88 Å². The Hall–Kier alpha value is -1.92. The summed E-state index contributed by atoms with van der Waals surface area (Å²) in [5.74, 6) is 0.0823. The Labute approximate surface area is 137 Å². The number of amidine groups is 1. The molecule has 4 nitrogen and oxygen atoms in total. The van der Waals surface area contributed by atoms with E-state index in [-0.39, 0.29) is 11.2 Å². The highest BCUT2D eigenvalue weighted by Crippen LogP contribution is 2.28. The standard InChI is InChI=1S/C16H15N3OS2/c1-12-15(20)19(11-13-6-3-2-4-7-13)16(22-12)18-17-10-14-8-5-9-21-14/h2-10,12H,11H2,1H3/b17-10+,18-16+. The van der Waals surface area contributed by atoms with Crippen molar-refractivity contribution in [2.45, 2.75) is 18.7 Å². The highest BCUT2D eigenvalue weighted by Gasteiger charge is 2.35. The van der Waals surface area contributed by atoms with Crippen molar-refractivity contribution in [2.75, 3.05) is 0 Å². The summed E-state index contributed by atoms with van der Waals surface area (Å²) in [6.07, 6.45) is 1.71. The summed E-state index contributed by atoms with van der Waals surface area (Å²) < 4.78 is 0. The summed E-state index contributed by atoms with van der Waals surface area (Å²) in [5.41, 5.74) is 1.08. The molecule has 1 atom stereocenters. The zero-order valence-electron chi connectivity index (χ0n) is 12.0. The summed E-state index contributed by atoms with van der Waals surface area (Å²) in [7, 11) is 0. The fraction of sp³-hybridized carbons (Fsp3) is 0.188. The first kappa shape index (κ1) is 15.0. The number of nitrogens with zero attached hydrogens (tertiary/aromatic N) is 3. The number of carbonyl (C=O) groups is 1. The molecule has 2 aromatic rings. The number of hydrogen-bond acceptors (Lipinski definition) is 5. The van der Waals surface area contributed by atoms with Gasteiger partial charge < -0.3 is 0 Å². The van der Waals surface area contributed by atoms with E-state index in [1.165, 1.54) is 11.8 Å². The Morgan fingerprint density at radius 2 is 2.05 bits per heavy atom. The molecule has 1 aromatic carbocycles. The van der Waals surface area contributed by atoms with Crippen LogP contribution in [0.3, 0.4) is 0 Å². The Morgan fingerprint density at radius 1 is 1.23 bits per heavy atom. The van der Waals surface area contributed by atoms with Crippen molar-refractivity contribution in [1.29, 1.82) is 0 Å². The molecule has 0 N–H and O–H groups in total. The van der Waals surface area contributed by atoms with Gasteiger partial charge in [0.1, 0.15) is 0 Å². The molecule has 3 rings (SSSR count). The number of carbonyl (C=O) groups excluding carboxylic acids is 1. The number of rotatable bonds is 4. The van der Waals surface area contributed by atoms with Crippen molar-refractivity contribution >= 4 is 40.4 Å². The van der Waals surface area contributed by atoms with Crippen LogP contribution in [0, 0.1) is 0 Å². The van der Waals surface area contributed by atoms with Crippen LogP contribution in [0.5, 0.6) is 0 Å². The summed E-state index contributed by atoms with van der Waals surface area (Å²) in [5, 5.41) is 10.9. The van der Waals surface area contributed by atoms with Gasteiger partial charge in [0.05, 0.1) is 18.0 Å². The zero-order chi connectivity index (χ0) is 15.4. The van der Waals surface area contributed by atoms with Gasteiger partial charge in [-0.25, -0.2) is 0 Å². The van der Waals surface area contributed by atoms with Crippen LogP contribution in [0.2, 0.25) is 0 Å². The highest BCUT2D eigenvalue weighted by molar-refractivity contribution is 8.15. The summed E-state index contributed by atoms with van der Waals surface area (Å²) >= 11 is 3.06. The summed E-state index contributed by atoms with van der Waals surface area (Å²) in [6.45, 7) is 2.43. The van der Waals surface area contributed by atoms with E-state index in [0.29, 0.717) is 11.7 Å². The van der Waals surface area contributed by atoms with Crippen molar-refractivity contribution in [3.63, 3.8) is 0 Å². The fourth-order valence-corrected chi connectivity index (χ4v) is 3.57. The molecule has 1 unspecified atom stereocenters. The monoisotopic (exact) mass is 329 g/mol. The van der Waals surface area contributed by atoms with Crippen LogP contribution in [0.1, 0.15) is 17.4 Å². The molecule has 1 saturated heterocycles. The number of thiophene rings is 1. The second-order valence-corrected chi connectivity index (χ2v) is 7.10. The van der Waals surface area contributed by atoms with E-state index < -0.39 is 0 Å². The van der Waals surface area contributed by atoms with Crippen molar-refractivity contribution in [3.05, 3.63) is 58.3 Å². The summed E-state index contributed by atoms with van der Waals surface area (Å²) in [4.78, 5) is 15.0. The van der Waals surface area contributed by atoms with E-state index >= 15 is 0 Å². The van der Waals surface area contributed by atoms with Crippen molar-refractivity contribution in [1.82, 2.24) is 4.90 Å². The van der Waals surface area contributed by atoms with Crippen LogP contribution >= 0.6 is 23.1 Å². The van der Waals surface area contributed by atoms with Gasteiger partial charge in [0.2, 0.25) is 5.91 Å². The van der Waals surface area contributed by atoms with Gasteiger partial charge in [-0.15, -0.1) is 16.4 Å². The molecule has 1 aliphatic heterocycles. The minimum atomic E-state index is -0.112. The first-order chi connectivity index (χ1) is 10.7. The fourth-order valence-electron chi connectivity index (χ4n) is 2.07. The van der Waals surface area contributed by atoms with Crippen molar-refractivity contribution in [2.24, 2.45) is 10.2 Å². The molecule has 0 saturated carbocycles. The van der Waals surface area contributed by atoms with Gasteiger partial charge in [0.25, 0.3) is 0 Å². The maximum absolute atomic E-state index is 12.3. The third-order valence-corrected chi connectivity index (χ3v) is 5.06. The lowest BCUT2D eigenvalue weighted by Gasteiger charge is -2.15. The van der Waals surface area contributed by atoms with E-state index in [2.05, 4.69) is 10.2 Å². The average molecular weight is 329 g/mol. The Morgan fingerprint density at radius 3 is 2.77 bits per heavy atom. The SMILES string of the molecule is CC1S/C(=N/N=C/c2cccs2)N(Cc2ccccc2)C1=O. The normalized spacial score (nSPS) is 20.4. The zero-order valence-corrected chi connectivity index (χ0v) is 13.7. The van der Waals surface area contributed by atoms with Crippen LogP contribution in [0.15, 0.2) is 58.0 Å². The smallest absolute Gasteiger partial charge is 0.242 e. The van der Waals surface area contributed by atoms with Crippen molar-refractivity contribution in [3.8, 4) is 0 Å². The first-order valence-corrected chi connectivity index (χ1v) is 8.66. The van der Waals surface area contributed by atoms with E-state index in [4.69, 9.17) is 0 Å². The molecule has 1 fully saturated rings. The number of amides is 1. The van der Waals surface area contributed by atoms with Gasteiger partial charge >= 0.3 is 0 Å². The van der Waals surface area contributed by atoms with Crippen LogP contribution < -0.4 is 0 Å². The second kappa shape index (κ2) is 6.89. The third-order valence-electron chi connectivity index (χ3n) is 3.18. The lowest BCUT2D eigenvalue weighted by atomic mass is 10.2. The molecule has 0 bridgehead atoms. The maximum Gasteiger partial charge on any atom is 0.242 e. The van der Waals surface area contributed by atoms with Gasteiger partial charge in [-0.1, -0.05) is 48.2 Å². The predicted octanol–water partition coefficient (Wildman–Crippen LogP) is 3.60. The van der Waals surface area contributed by atoms with E-state index in [9.17, 15) is 4.79 Å². The molecule has 0 spiro atoms. The van der Waals surface area contributed by atoms with Crippen LogP contribution in [-0.2, 0) is 11.3 Å². The molecule has 2 heterocycles. The van der Waals surface area contributed by atoms with Crippen LogP contribution in [0.25, 0.3) is 0 Å². The molecule has 112 valence electrons. The van der Waals surface area contributed by atoms with E-state index in [1.54, 1.807) is 22.5 Å². The predicted molar refractivity (Wildman–Crippen MR) is 93.4 cm³/mol. The molecular formula is C16H15N3OS2. The average Bonchev–Trinajstić information content (AvgIpc) is 3.13.